The second-order valence-corrected chi connectivity index (χ2v) is 5.09. The summed E-state index contributed by atoms with van der Waals surface area (Å²) >= 11 is 0. The molecule has 0 aliphatic carbocycles. The van der Waals surface area contributed by atoms with Gasteiger partial charge in [-0.15, -0.1) is 0 Å². The molecule has 21 heavy (non-hydrogen) atoms. The van der Waals surface area contributed by atoms with E-state index in [1.807, 2.05) is 49.4 Å². The largest absolute Gasteiger partial charge is 0.487 e. The molecule has 0 amide bonds. The lowest BCUT2D eigenvalue weighted by Crippen LogP contribution is -2.02. The minimum absolute atomic E-state index is 0.458. The number of nitrogens with zero attached hydrogens (tertiary/aromatic N) is 1. The van der Waals surface area contributed by atoms with E-state index < -0.39 is 0 Å². The molecule has 106 valence electrons. The summed E-state index contributed by atoms with van der Waals surface area (Å²) < 4.78 is 5.90. The lowest BCUT2D eigenvalue weighted by molar-refractivity contribution is 0.299. The molecule has 0 atom stereocenters. The summed E-state index contributed by atoms with van der Waals surface area (Å²) in [5.74, 6) is 0.868. The molecule has 0 unspecified atom stereocenters. The Bertz CT molecular complexity index is 768. The fourth-order valence-corrected chi connectivity index (χ4v) is 2.27. The van der Waals surface area contributed by atoms with Crippen molar-refractivity contribution in [3.8, 4) is 5.75 Å². The Morgan fingerprint density at radius 2 is 1.90 bits per heavy atom. The third kappa shape index (κ3) is 3.03. The Labute approximate surface area is 124 Å². The van der Waals surface area contributed by atoms with Gasteiger partial charge in [-0.2, -0.15) is 0 Å². The number of para-hydroxylation sites is 1. The number of fused-ring (bicyclic) bond motifs is 1. The van der Waals surface area contributed by atoms with E-state index in [-0.39, 0.29) is 0 Å². The maximum Gasteiger partial charge on any atom is 0.130 e. The topological polar surface area (TPSA) is 48.1 Å². The quantitative estimate of drug-likeness (QED) is 0.793. The zero-order valence-electron chi connectivity index (χ0n) is 12.0. The third-order valence-corrected chi connectivity index (χ3v) is 3.52. The van der Waals surface area contributed by atoms with Crippen LogP contribution in [-0.2, 0) is 13.2 Å². The van der Waals surface area contributed by atoms with Crippen molar-refractivity contribution in [2.24, 2.45) is 5.73 Å². The first kappa shape index (κ1) is 13.6. The van der Waals surface area contributed by atoms with E-state index in [9.17, 15) is 0 Å². The van der Waals surface area contributed by atoms with Gasteiger partial charge in [-0.3, -0.25) is 0 Å². The Hall–Kier alpha value is -2.39. The maximum atomic E-state index is 5.90. The van der Waals surface area contributed by atoms with Crippen LogP contribution in [0.2, 0.25) is 0 Å². The molecule has 2 N–H and O–H groups in total. The molecule has 0 aliphatic heterocycles. The van der Waals surface area contributed by atoms with E-state index in [0.717, 1.165) is 33.5 Å². The molecule has 3 aromatic rings. The number of ether oxygens (including phenoxy) is 1. The van der Waals surface area contributed by atoms with Crippen molar-refractivity contribution in [2.45, 2.75) is 20.1 Å². The van der Waals surface area contributed by atoms with Crippen LogP contribution in [0.5, 0.6) is 5.75 Å². The van der Waals surface area contributed by atoms with Crippen LogP contribution in [-0.4, -0.2) is 4.98 Å². The summed E-state index contributed by atoms with van der Waals surface area (Å²) in [7, 11) is 0. The summed E-state index contributed by atoms with van der Waals surface area (Å²) in [5.41, 5.74) is 9.76. The van der Waals surface area contributed by atoms with Crippen molar-refractivity contribution in [3.05, 3.63) is 71.4 Å². The van der Waals surface area contributed by atoms with E-state index in [1.54, 1.807) is 0 Å². The average Bonchev–Trinajstić information content (AvgIpc) is 2.54. The van der Waals surface area contributed by atoms with Gasteiger partial charge in [-0.25, -0.2) is 4.98 Å². The van der Waals surface area contributed by atoms with E-state index in [4.69, 9.17) is 10.5 Å². The van der Waals surface area contributed by atoms with E-state index in [1.165, 1.54) is 0 Å². The van der Waals surface area contributed by atoms with Crippen LogP contribution in [0, 0.1) is 6.92 Å². The van der Waals surface area contributed by atoms with Crippen molar-refractivity contribution < 1.29 is 4.74 Å². The number of aryl methyl sites for hydroxylation is 1. The van der Waals surface area contributed by atoms with Gasteiger partial charge < -0.3 is 10.5 Å². The van der Waals surface area contributed by atoms with Crippen LogP contribution >= 0.6 is 0 Å². The number of rotatable bonds is 4. The molecule has 0 spiro atoms. The zero-order chi connectivity index (χ0) is 14.7. The van der Waals surface area contributed by atoms with Gasteiger partial charge in [0.05, 0.1) is 11.2 Å². The molecule has 3 nitrogen and oxygen atoms in total. The van der Waals surface area contributed by atoms with E-state index in [0.29, 0.717) is 13.2 Å². The predicted octanol–water partition coefficient (Wildman–Crippen LogP) is 3.58. The first-order valence-corrected chi connectivity index (χ1v) is 7.03. The molecule has 0 aliphatic rings. The van der Waals surface area contributed by atoms with E-state index in [2.05, 4.69) is 17.1 Å². The fraction of sp³-hybridized carbons (Fsp3) is 0.167. The second kappa shape index (κ2) is 5.94. The summed E-state index contributed by atoms with van der Waals surface area (Å²) in [6.45, 7) is 3.01. The molecule has 3 heteroatoms. The summed E-state index contributed by atoms with van der Waals surface area (Å²) in [6.07, 6.45) is 0. The van der Waals surface area contributed by atoms with Gasteiger partial charge >= 0.3 is 0 Å². The molecular formula is C18H18N2O. The molecule has 3 rings (SSSR count). The van der Waals surface area contributed by atoms with Crippen molar-refractivity contribution in [1.82, 2.24) is 4.98 Å². The van der Waals surface area contributed by atoms with Crippen molar-refractivity contribution in [2.75, 3.05) is 0 Å². The first-order valence-electron chi connectivity index (χ1n) is 7.03. The standard InChI is InChI=1S/C18H18N2O/c1-13-6-7-14(11-19)10-18(13)21-12-16-9-8-15-4-2-3-5-17(15)20-16/h2-10H,11-12,19H2,1H3. The highest BCUT2D eigenvalue weighted by atomic mass is 16.5. The fourth-order valence-electron chi connectivity index (χ4n) is 2.27. The second-order valence-electron chi connectivity index (χ2n) is 5.09. The van der Waals surface area contributed by atoms with Crippen molar-refractivity contribution in [3.63, 3.8) is 0 Å². The highest BCUT2D eigenvalue weighted by molar-refractivity contribution is 5.78. The molecule has 1 heterocycles. The van der Waals surface area contributed by atoms with Crippen LogP contribution in [0.1, 0.15) is 16.8 Å². The number of pyridine rings is 1. The Morgan fingerprint density at radius 1 is 1.05 bits per heavy atom. The van der Waals surface area contributed by atoms with Gasteiger partial charge in [0.2, 0.25) is 0 Å². The van der Waals surface area contributed by atoms with Crippen LogP contribution in [0.4, 0.5) is 0 Å². The van der Waals surface area contributed by atoms with Gasteiger partial charge in [-0.05, 0) is 36.2 Å². The summed E-state index contributed by atoms with van der Waals surface area (Å²) in [4.78, 5) is 4.61. The molecule has 1 aromatic heterocycles. The minimum atomic E-state index is 0.458. The van der Waals surface area contributed by atoms with Gasteiger partial charge in [0.1, 0.15) is 12.4 Å². The number of hydrogen-bond donors (Lipinski definition) is 1. The van der Waals surface area contributed by atoms with Gasteiger partial charge in [0.15, 0.2) is 0 Å². The van der Waals surface area contributed by atoms with Gasteiger partial charge in [0.25, 0.3) is 0 Å². The lowest BCUT2D eigenvalue weighted by Gasteiger charge is -2.10. The molecule has 0 saturated heterocycles. The number of hydrogen-bond acceptors (Lipinski definition) is 3. The molecular weight excluding hydrogens is 260 g/mol. The highest BCUT2D eigenvalue weighted by Gasteiger charge is 2.03. The summed E-state index contributed by atoms with van der Waals surface area (Å²) in [5, 5.41) is 1.14. The van der Waals surface area contributed by atoms with Crippen LogP contribution in [0.25, 0.3) is 10.9 Å². The first-order chi connectivity index (χ1) is 10.3. The number of benzene rings is 2. The third-order valence-electron chi connectivity index (χ3n) is 3.52. The smallest absolute Gasteiger partial charge is 0.130 e. The SMILES string of the molecule is Cc1ccc(CN)cc1OCc1ccc2ccccc2n1. The monoisotopic (exact) mass is 278 g/mol. The zero-order valence-corrected chi connectivity index (χ0v) is 12.0. The maximum absolute atomic E-state index is 5.90. The van der Waals surface area contributed by atoms with Crippen LogP contribution in [0.15, 0.2) is 54.6 Å². The van der Waals surface area contributed by atoms with Crippen molar-refractivity contribution in [1.29, 1.82) is 0 Å². The Kier molecular flexibility index (Phi) is 3.84. The average molecular weight is 278 g/mol. The highest BCUT2D eigenvalue weighted by Crippen LogP contribution is 2.21. The number of aromatic nitrogens is 1. The van der Waals surface area contributed by atoms with Crippen LogP contribution in [0.3, 0.4) is 0 Å². The van der Waals surface area contributed by atoms with Crippen LogP contribution < -0.4 is 10.5 Å². The molecule has 0 saturated carbocycles. The normalized spacial score (nSPS) is 10.8. The van der Waals surface area contributed by atoms with E-state index >= 15 is 0 Å². The summed E-state index contributed by atoms with van der Waals surface area (Å²) in [6, 6.07) is 18.2. The molecule has 0 bridgehead atoms. The van der Waals surface area contributed by atoms with Gasteiger partial charge in [0, 0.05) is 11.9 Å². The number of nitrogens with two attached hydrogens (primary N) is 1. The predicted molar refractivity (Wildman–Crippen MR) is 85.1 cm³/mol. The Morgan fingerprint density at radius 3 is 2.76 bits per heavy atom. The molecule has 0 fully saturated rings. The Balaban J connectivity index is 1.80. The lowest BCUT2D eigenvalue weighted by atomic mass is 10.1. The van der Waals surface area contributed by atoms with Crippen molar-refractivity contribution >= 4 is 10.9 Å². The van der Waals surface area contributed by atoms with Gasteiger partial charge in [-0.1, -0.05) is 36.4 Å². The molecule has 2 aromatic carbocycles. The molecule has 0 radical (unpaired) electrons. The minimum Gasteiger partial charge on any atom is -0.487 e.